The van der Waals surface area contributed by atoms with Gasteiger partial charge in [-0.2, -0.15) is 0 Å². The number of pyridine rings is 1. The molecule has 1 amide bonds. The molecule has 1 fully saturated rings. The van der Waals surface area contributed by atoms with Crippen molar-refractivity contribution in [2.75, 3.05) is 0 Å². The smallest absolute Gasteiger partial charge is 0.348 e. The maximum atomic E-state index is 14.0. The third-order valence-electron chi connectivity index (χ3n) is 6.06. The van der Waals surface area contributed by atoms with Crippen molar-refractivity contribution in [3.8, 4) is 5.75 Å². The molecule has 0 bridgehead atoms. The lowest BCUT2D eigenvalue weighted by molar-refractivity contribution is -0.140. The van der Waals surface area contributed by atoms with E-state index < -0.39 is 46.0 Å². The Hall–Kier alpha value is -3.75. The number of nitrogens with two attached hydrogens (primary N) is 1. The molecule has 0 spiro atoms. The van der Waals surface area contributed by atoms with Crippen molar-refractivity contribution in [3.63, 3.8) is 0 Å². The van der Waals surface area contributed by atoms with E-state index >= 15 is 0 Å². The van der Waals surface area contributed by atoms with Crippen LogP contribution in [0.5, 0.6) is 5.75 Å². The van der Waals surface area contributed by atoms with Crippen molar-refractivity contribution in [2.24, 2.45) is 5.73 Å². The van der Waals surface area contributed by atoms with Crippen LogP contribution >= 0.6 is 0 Å². The fourth-order valence-electron chi connectivity index (χ4n) is 4.28. The second-order valence-electron chi connectivity index (χ2n) is 8.21. The van der Waals surface area contributed by atoms with Gasteiger partial charge in [-0.15, -0.1) is 0 Å². The highest BCUT2D eigenvalue weighted by Crippen LogP contribution is 2.34. The van der Waals surface area contributed by atoms with Crippen molar-refractivity contribution >= 4 is 22.8 Å². The van der Waals surface area contributed by atoms with E-state index in [1.807, 2.05) is 0 Å². The highest BCUT2D eigenvalue weighted by atomic mass is 19.1. The van der Waals surface area contributed by atoms with Crippen LogP contribution in [0.15, 0.2) is 47.3 Å². The molecular formula is C24H22F2N2O5. The molecule has 33 heavy (non-hydrogen) atoms. The molecule has 9 heteroatoms. The number of benzene rings is 2. The van der Waals surface area contributed by atoms with Crippen LogP contribution in [0.4, 0.5) is 8.78 Å². The third-order valence-corrected chi connectivity index (χ3v) is 6.06. The Labute approximate surface area is 187 Å². The van der Waals surface area contributed by atoms with E-state index in [4.69, 9.17) is 10.5 Å². The molecule has 4 rings (SSSR count). The molecule has 1 aliphatic rings. The maximum Gasteiger partial charge on any atom is 0.348 e. The number of aromatic hydroxyl groups is 1. The fourth-order valence-corrected chi connectivity index (χ4v) is 4.28. The molecule has 172 valence electrons. The van der Waals surface area contributed by atoms with Crippen molar-refractivity contribution < 1.29 is 28.2 Å². The van der Waals surface area contributed by atoms with Gasteiger partial charge >= 0.3 is 5.97 Å². The molecule has 3 N–H and O–H groups in total. The zero-order valence-electron chi connectivity index (χ0n) is 17.6. The lowest BCUT2D eigenvalue weighted by atomic mass is 9.84. The Bertz CT molecular complexity index is 1290. The van der Waals surface area contributed by atoms with Crippen LogP contribution in [0.2, 0.25) is 0 Å². The number of amides is 1. The number of hydrogen-bond acceptors (Lipinski definition) is 5. The summed E-state index contributed by atoms with van der Waals surface area (Å²) in [6.07, 6.45) is 2.49. The largest absolute Gasteiger partial charge is 0.506 e. The second kappa shape index (κ2) is 8.65. The number of rotatable bonds is 5. The summed E-state index contributed by atoms with van der Waals surface area (Å²) in [4.78, 5) is 38.6. The van der Waals surface area contributed by atoms with Crippen molar-refractivity contribution in [3.05, 3.63) is 75.6 Å². The fraction of sp³-hybridized carbons (Fsp3) is 0.292. The van der Waals surface area contributed by atoms with E-state index in [0.717, 1.165) is 23.1 Å². The summed E-state index contributed by atoms with van der Waals surface area (Å²) in [5, 5.41) is 10.7. The number of hydrogen-bond donors (Lipinski definition) is 2. The first-order chi connectivity index (χ1) is 15.7. The number of fused-ring (bicyclic) bond motifs is 1. The van der Waals surface area contributed by atoms with Gasteiger partial charge in [-0.3, -0.25) is 9.59 Å². The van der Waals surface area contributed by atoms with E-state index in [0.29, 0.717) is 18.4 Å². The number of carbonyl (C=O) groups is 2. The monoisotopic (exact) mass is 456 g/mol. The molecule has 1 heterocycles. The number of aromatic nitrogens is 1. The van der Waals surface area contributed by atoms with Gasteiger partial charge in [-0.05, 0) is 61.6 Å². The molecule has 0 unspecified atom stereocenters. The molecule has 1 aromatic heterocycles. The number of esters is 1. The van der Waals surface area contributed by atoms with Gasteiger partial charge in [0.1, 0.15) is 17.4 Å². The number of carbonyl (C=O) groups excluding carboxylic acids is 2. The van der Waals surface area contributed by atoms with E-state index in [2.05, 4.69) is 0 Å². The SMILES string of the molecule is NC(=O)C1(OC(=O)c2c(O)c3cc(F)ccc3n(Cc3ccc(F)cc3)c2=O)CCCCC1. The van der Waals surface area contributed by atoms with Gasteiger partial charge in [0.15, 0.2) is 11.2 Å². The lowest BCUT2D eigenvalue weighted by Gasteiger charge is -2.33. The van der Waals surface area contributed by atoms with Crippen molar-refractivity contribution in [2.45, 2.75) is 44.2 Å². The molecule has 0 radical (unpaired) electrons. The summed E-state index contributed by atoms with van der Waals surface area (Å²) in [6.45, 7) is -0.0806. The molecule has 2 aromatic carbocycles. The van der Waals surface area contributed by atoms with Crippen LogP contribution in [0.25, 0.3) is 10.9 Å². The minimum Gasteiger partial charge on any atom is -0.506 e. The number of halogens is 2. The van der Waals surface area contributed by atoms with Gasteiger partial charge in [0, 0.05) is 5.39 Å². The number of ether oxygens (including phenoxy) is 1. The zero-order chi connectivity index (χ0) is 23.8. The van der Waals surface area contributed by atoms with E-state index in [1.54, 1.807) is 0 Å². The summed E-state index contributed by atoms with van der Waals surface area (Å²) in [7, 11) is 0. The first-order valence-corrected chi connectivity index (χ1v) is 10.5. The topological polar surface area (TPSA) is 112 Å². The summed E-state index contributed by atoms with van der Waals surface area (Å²) in [5.74, 6) is -3.93. The van der Waals surface area contributed by atoms with Gasteiger partial charge in [0.25, 0.3) is 11.5 Å². The van der Waals surface area contributed by atoms with Crippen LogP contribution in [0.1, 0.15) is 48.0 Å². The van der Waals surface area contributed by atoms with E-state index in [-0.39, 0.29) is 30.3 Å². The normalized spacial score (nSPS) is 15.3. The second-order valence-corrected chi connectivity index (χ2v) is 8.21. The molecule has 1 saturated carbocycles. The average Bonchev–Trinajstić information content (AvgIpc) is 2.78. The zero-order valence-corrected chi connectivity index (χ0v) is 17.6. The quantitative estimate of drug-likeness (QED) is 0.572. The highest BCUT2D eigenvalue weighted by molar-refractivity contribution is 6.01. The van der Waals surface area contributed by atoms with Crippen LogP contribution < -0.4 is 11.3 Å². The molecule has 0 atom stereocenters. The van der Waals surface area contributed by atoms with Crippen LogP contribution in [0.3, 0.4) is 0 Å². The molecular weight excluding hydrogens is 434 g/mol. The number of nitrogens with zero attached hydrogens (tertiary/aromatic N) is 1. The lowest BCUT2D eigenvalue weighted by Crippen LogP contribution is -2.49. The average molecular weight is 456 g/mol. The summed E-state index contributed by atoms with van der Waals surface area (Å²) in [5.41, 5.74) is 3.03. The molecule has 0 saturated heterocycles. The Morgan fingerprint density at radius 1 is 1.03 bits per heavy atom. The van der Waals surface area contributed by atoms with Crippen LogP contribution in [0, 0.1) is 11.6 Å². The molecule has 0 aliphatic heterocycles. The summed E-state index contributed by atoms with van der Waals surface area (Å²) >= 11 is 0. The Kier molecular flexibility index (Phi) is 5.88. The maximum absolute atomic E-state index is 14.0. The molecule has 3 aromatic rings. The Morgan fingerprint density at radius 3 is 2.30 bits per heavy atom. The molecule has 7 nitrogen and oxygen atoms in total. The predicted octanol–water partition coefficient (Wildman–Crippen LogP) is 3.38. The van der Waals surface area contributed by atoms with E-state index in [1.165, 1.54) is 30.3 Å². The number of primary amides is 1. The Balaban J connectivity index is 1.85. The Morgan fingerprint density at radius 2 is 1.67 bits per heavy atom. The summed E-state index contributed by atoms with van der Waals surface area (Å²) in [6, 6.07) is 8.78. The first kappa shape index (κ1) is 22.4. The van der Waals surface area contributed by atoms with Gasteiger partial charge in [0.2, 0.25) is 0 Å². The molecule has 1 aliphatic carbocycles. The van der Waals surface area contributed by atoms with Crippen LogP contribution in [-0.2, 0) is 16.1 Å². The predicted molar refractivity (Wildman–Crippen MR) is 116 cm³/mol. The first-order valence-electron chi connectivity index (χ1n) is 10.5. The van der Waals surface area contributed by atoms with Crippen LogP contribution in [-0.4, -0.2) is 27.2 Å². The highest BCUT2D eigenvalue weighted by Gasteiger charge is 2.43. The summed E-state index contributed by atoms with van der Waals surface area (Å²) < 4.78 is 33.9. The standard InChI is InChI=1S/C24H22F2N2O5/c25-15-6-4-14(5-7-15)13-28-18-9-8-16(26)12-17(18)20(29)19(21(28)30)22(31)33-24(23(27)32)10-2-1-3-11-24/h4-9,12,29H,1-3,10-11,13H2,(H2,27,32). The van der Waals surface area contributed by atoms with Gasteiger partial charge in [-0.1, -0.05) is 18.6 Å². The van der Waals surface area contributed by atoms with Crippen molar-refractivity contribution in [1.29, 1.82) is 0 Å². The minimum absolute atomic E-state index is 0.0806. The third kappa shape index (κ3) is 4.18. The van der Waals surface area contributed by atoms with Gasteiger partial charge < -0.3 is 20.1 Å². The van der Waals surface area contributed by atoms with Gasteiger partial charge in [-0.25, -0.2) is 13.6 Å². The van der Waals surface area contributed by atoms with E-state index in [9.17, 15) is 28.3 Å². The van der Waals surface area contributed by atoms with Gasteiger partial charge in [0.05, 0.1) is 12.1 Å². The van der Waals surface area contributed by atoms with Crippen molar-refractivity contribution in [1.82, 2.24) is 4.57 Å². The minimum atomic E-state index is -1.58.